The molecule has 0 spiro atoms. The minimum Gasteiger partial charge on any atom is -0.268 e. The zero-order chi connectivity index (χ0) is 16.1. The van der Waals surface area contributed by atoms with Gasteiger partial charge in [-0.2, -0.15) is 13.2 Å². The number of benzene rings is 2. The van der Waals surface area contributed by atoms with Gasteiger partial charge in [0.1, 0.15) is 5.82 Å². The molecule has 2 aromatic rings. The molecule has 2 amide bonds. The lowest BCUT2D eigenvalue weighted by molar-refractivity contribution is -0.137. The largest absolute Gasteiger partial charge is 0.416 e. The van der Waals surface area contributed by atoms with Gasteiger partial charge in [0.05, 0.1) is 22.4 Å². The first-order valence-corrected chi connectivity index (χ1v) is 6.14. The molecule has 0 N–H and O–H groups in total. The summed E-state index contributed by atoms with van der Waals surface area (Å²) in [6, 6.07) is 6.90. The first kappa shape index (κ1) is 14.2. The second-order valence-electron chi connectivity index (χ2n) is 4.68. The molecular weight excluding hydrogens is 302 g/mol. The van der Waals surface area contributed by atoms with Gasteiger partial charge >= 0.3 is 6.18 Å². The fourth-order valence-corrected chi connectivity index (χ4v) is 2.27. The molecule has 0 aliphatic carbocycles. The van der Waals surface area contributed by atoms with E-state index in [0.717, 1.165) is 30.3 Å². The molecule has 0 radical (unpaired) electrons. The molecule has 1 aliphatic rings. The van der Waals surface area contributed by atoms with Crippen LogP contribution < -0.4 is 4.90 Å². The van der Waals surface area contributed by atoms with Crippen LogP contribution in [0.25, 0.3) is 0 Å². The number of amides is 2. The van der Waals surface area contributed by atoms with Gasteiger partial charge < -0.3 is 0 Å². The Morgan fingerprint density at radius 3 is 2.23 bits per heavy atom. The highest BCUT2D eigenvalue weighted by molar-refractivity contribution is 6.34. The van der Waals surface area contributed by atoms with E-state index < -0.39 is 29.4 Å². The number of hydrogen-bond donors (Lipinski definition) is 0. The van der Waals surface area contributed by atoms with Crippen molar-refractivity contribution in [3.05, 3.63) is 65.0 Å². The van der Waals surface area contributed by atoms with Gasteiger partial charge in [-0.1, -0.05) is 6.07 Å². The number of imide groups is 1. The summed E-state index contributed by atoms with van der Waals surface area (Å²) in [7, 11) is 0. The monoisotopic (exact) mass is 309 g/mol. The lowest BCUT2D eigenvalue weighted by atomic mass is 10.1. The number of nitrogens with zero attached hydrogens (tertiary/aromatic N) is 1. The van der Waals surface area contributed by atoms with Crippen LogP contribution in [0.2, 0.25) is 0 Å². The highest BCUT2D eigenvalue weighted by atomic mass is 19.4. The molecule has 3 rings (SSSR count). The highest BCUT2D eigenvalue weighted by Crippen LogP contribution is 2.34. The van der Waals surface area contributed by atoms with Crippen LogP contribution in [-0.4, -0.2) is 11.8 Å². The smallest absolute Gasteiger partial charge is 0.268 e. The predicted octanol–water partition coefficient (Wildman–Crippen LogP) is 3.65. The zero-order valence-corrected chi connectivity index (χ0v) is 10.8. The number of fused-ring (bicyclic) bond motifs is 1. The summed E-state index contributed by atoms with van der Waals surface area (Å²) in [5, 5.41) is 0. The van der Waals surface area contributed by atoms with E-state index in [1.807, 2.05) is 0 Å². The average Bonchev–Trinajstić information content (AvgIpc) is 2.69. The molecule has 1 aliphatic heterocycles. The highest BCUT2D eigenvalue weighted by Gasteiger charge is 2.38. The number of hydrogen-bond acceptors (Lipinski definition) is 2. The molecule has 0 unspecified atom stereocenters. The lowest BCUT2D eigenvalue weighted by Gasteiger charge is -2.15. The Hall–Kier alpha value is -2.70. The van der Waals surface area contributed by atoms with Crippen molar-refractivity contribution in [2.45, 2.75) is 6.18 Å². The van der Waals surface area contributed by atoms with Crippen LogP contribution in [0.4, 0.5) is 23.2 Å². The third-order valence-corrected chi connectivity index (χ3v) is 3.28. The Morgan fingerprint density at radius 1 is 0.864 bits per heavy atom. The van der Waals surface area contributed by atoms with E-state index in [2.05, 4.69) is 0 Å². The fourth-order valence-electron chi connectivity index (χ4n) is 2.27. The van der Waals surface area contributed by atoms with Crippen molar-refractivity contribution in [1.29, 1.82) is 0 Å². The van der Waals surface area contributed by atoms with Crippen molar-refractivity contribution >= 4 is 17.5 Å². The molecule has 0 saturated heterocycles. The number of halogens is 4. The minimum atomic E-state index is -4.60. The van der Waals surface area contributed by atoms with Crippen molar-refractivity contribution in [1.82, 2.24) is 0 Å². The summed E-state index contributed by atoms with van der Waals surface area (Å²) >= 11 is 0. The second-order valence-corrected chi connectivity index (χ2v) is 4.68. The van der Waals surface area contributed by atoms with Crippen LogP contribution >= 0.6 is 0 Å². The van der Waals surface area contributed by atoms with Gasteiger partial charge in [-0.3, -0.25) is 9.59 Å². The van der Waals surface area contributed by atoms with Gasteiger partial charge in [0.2, 0.25) is 0 Å². The lowest BCUT2D eigenvalue weighted by Crippen LogP contribution is -2.29. The van der Waals surface area contributed by atoms with E-state index in [1.54, 1.807) is 0 Å². The normalized spacial score (nSPS) is 14.5. The number of carbonyl (C=O) groups is 2. The third kappa shape index (κ3) is 2.14. The number of carbonyl (C=O) groups excluding carboxylic acids is 2. The summed E-state index contributed by atoms with van der Waals surface area (Å²) in [5.74, 6) is -2.33. The standard InChI is InChI=1S/C15H7F4NO2/c16-9-4-5-11-12(7-9)14(22)20(13(11)21)10-3-1-2-8(6-10)15(17,18)19/h1-7H. The van der Waals surface area contributed by atoms with Gasteiger partial charge in [0.25, 0.3) is 11.8 Å². The number of alkyl halides is 3. The van der Waals surface area contributed by atoms with Crippen LogP contribution in [0, 0.1) is 5.82 Å². The predicted molar refractivity (Wildman–Crippen MR) is 69.0 cm³/mol. The Kier molecular flexibility index (Phi) is 3.01. The van der Waals surface area contributed by atoms with Gasteiger partial charge in [-0.05, 0) is 36.4 Å². The van der Waals surface area contributed by atoms with Gasteiger partial charge in [0, 0.05) is 0 Å². The van der Waals surface area contributed by atoms with Crippen LogP contribution in [-0.2, 0) is 6.18 Å². The maximum atomic E-state index is 13.2. The summed E-state index contributed by atoms with van der Waals surface area (Å²) in [4.78, 5) is 25.0. The molecule has 0 fully saturated rings. The molecule has 0 atom stereocenters. The molecule has 7 heteroatoms. The quantitative estimate of drug-likeness (QED) is 0.596. The first-order valence-electron chi connectivity index (χ1n) is 6.14. The van der Waals surface area contributed by atoms with E-state index in [-0.39, 0.29) is 16.8 Å². The topological polar surface area (TPSA) is 37.4 Å². The molecular formula is C15H7F4NO2. The summed E-state index contributed by atoms with van der Waals surface area (Å²) < 4.78 is 51.4. The van der Waals surface area contributed by atoms with E-state index in [0.29, 0.717) is 11.0 Å². The van der Waals surface area contributed by atoms with Crippen LogP contribution in [0.5, 0.6) is 0 Å². The SMILES string of the molecule is O=C1c2ccc(F)cc2C(=O)N1c1cccc(C(F)(F)F)c1. The number of anilines is 1. The molecule has 0 saturated carbocycles. The van der Waals surface area contributed by atoms with Crippen molar-refractivity contribution in [3.63, 3.8) is 0 Å². The van der Waals surface area contributed by atoms with Gasteiger partial charge in [-0.15, -0.1) is 0 Å². The van der Waals surface area contributed by atoms with Crippen molar-refractivity contribution in [2.24, 2.45) is 0 Å². The molecule has 112 valence electrons. The summed E-state index contributed by atoms with van der Waals surface area (Å²) in [5.41, 5.74) is -1.39. The molecule has 1 heterocycles. The van der Waals surface area contributed by atoms with E-state index >= 15 is 0 Å². The summed E-state index contributed by atoms with van der Waals surface area (Å²) in [6.45, 7) is 0. The average molecular weight is 309 g/mol. The second kappa shape index (κ2) is 4.66. The number of rotatable bonds is 1. The molecule has 3 nitrogen and oxygen atoms in total. The fraction of sp³-hybridized carbons (Fsp3) is 0.0667. The Labute approximate surface area is 121 Å². The molecule has 0 aromatic heterocycles. The van der Waals surface area contributed by atoms with E-state index in [4.69, 9.17) is 0 Å². The Morgan fingerprint density at radius 2 is 1.55 bits per heavy atom. The van der Waals surface area contributed by atoms with Crippen molar-refractivity contribution < 1.29 is 27.2 Å². The minimum absolute atomic E-state index is 0.0381. The first-order chi connectivity index (χ1) is 10.3. The van der Waals surface area contributed by atoms with Crippen molar-refractivity contribution in [3.8, 4) is 0 Å². The van der Waals surface area contributed by atoms with Gasteiger partial charge in [0.15, 0.2) is 0 Å². The maximum Gasteiger partial charge on any atom is 0.416 e. The van der Waals surface area contributed by atoms with Gasteiger partial charge in [-0.25, -0.2) is 9.29 Å². The zero-order valence-electron chi connectivity index (χ0n) is 10.8. The third-order valence-electron chi connectivity index (χ3n) is 3.28. The molecule has 0 bridgehead atoms. The Balaban J connectivity index is 2.08. The molecule has 22 heavy (non-hydrogen) atoms. The van der Waals surface area contributed by atoms with Crippen LogP contribution in [0.1, 0.15) is 26.3 Å². The van der Waals surface area contributed by atoms with E-state index in [1.165, 1.54) is 6.07 Å². The van der Waals surface area contributed by atoms with E-state index in [9.17, 15) is 27.2 Å². The van der Waals surface area contributed by atoms with Crippen LogP contribution in [0.3, 0.4) is 0 Å². The van der Waals surface area contributed by atoms with Crippen molar-refractivity contribution in [2.75, 3.05) is 4.90 Å². The maximum absolute atomic E-state index is 13.2. The Bertz CT molecular complexity index is 798. The van der Waals surface area contributed by atoms with Crippen LogP contribution in [0.15, 0.2) is 42.5 Å². The summed E-state index contributed by atoms with van der Waals surface area (Å²) in [6.07, 6.45) is -4.60. The molecule has 2 aromatic carbocycles.